The Balaban J connectivity index is 2.36. The first-order valence-electron chi connectivity index (χ1n) is 4.95. The zero-order valence-corrected chi connectivity index (χ0v) is 9.53. The number of Topliss-reactive ketones (excluding diaryl/α,β-unsaturated/α-hetero) is 1. The predicted molar refractivity (Wildman–Crippen MR) is 61.9 cm³/mol. The van der Waals surface area contributed by atoms with Gasteiger partial charge in [0.15, 0.2) is 0 Å². The maximum absolute atomic E-state index is 11.7. The van der Waals surface area contributed by atoms with Crippen LogP contribution in [-0.2, 0) is 9.59 Å². The average molecular weight is 253 g/mol. The van der Waals surface area contributed by atoms with Crippen molar-refractivity contribution in [1.29, 1.82) is 0 Å². The van der Waals surface area contributed by atoms with Crippen molar-refractivity contribution in [3.05, 3.63) is 28.8 Å². The highest BCUT2D eigenvalue weighted by Gasteiger charge is 2.35. The molecule has 0 spiro atoms. The molecule has 1 aliphatic heterocycles. The monoisotopic (exact) mass is 252 g/mol. The molecule has 0 atom stereocenters. The summed E-state index contributed by atoms with van der Waals surface area (Å²) < 4.78 is 0. The highest BCUT2D eigenvalue weighted by Crippen LogP contribution is 2.31. The SMILES string of the molecule is NC(=O)CCN1C(=O)C(=O)c2ccc(Cl)cc21. The fraction of sp³-hybridized carbons (Fsp3) is 0.182. The summed E-state index contributed by atoms with van der Waals surface area (Å²) >= 11 is 5.81. The van der Waals surface area contributed by atoms with Crippen LogP contribution in [0.15, 0.2) is 18.2 Å². The van der Waals surface area contributed by atoms with Crippen molar-refractivity contribution in [1.82, 2.24) is 0 Å². The van der Waals surface area contributed by atoms with Crippen LogP contribution in [0.3, 0.4) is 0 Å². The Morgan fingerprint density at radius 1 is 1.35 bits per heavy atom. The number of carbonyl (C=O) groups is 3. The van der Waals surface area contributed by atoms with Gasteiger partial charge in [-0.1, -0.05) is 11.6 Å². The fourth-order valence-electron chi connectivity index (χ4n) is 1.71. The van der Waals surface area contributed by atoms with Gasteiger partial charge in [0, 0.05) is 18.0 Å². The van der Waals surface area contributed by atoms with Crippen LogP contribution in [0, 0.1) is 0 Å². The van der Waals surface area contributed by atoms with Gasteiger partial charge < -0.3 is 10.6 Å². The number of fused-ring (bicyclic) bond motifs is 1. The number of carbonyl (C=O) groups excluding carboxylic acids is 3. The molecule has 88 valence electrons. The molecule has 0 fully saturated rings. The van der Waals surface area contributed by atoms with Crippen LogP contribution < -0.4 is 10.6 Å². The summed E-state index contributed by atoms with van der Waals surface area (Å²) in [5.74, 6) is -1.76. The molecule has 0 radical (unpaired) electrons. The molecule has 6 heteroatoms. The van der Waals surface area contributed by atoms with E-state index in [2.05, 4.69) is 0 Å². The molecule has 2 rings (SSSR count). The standard InChI is InChI=1S/C11H9ClN2O3/c12-6-1-2-7-8(5-6)14(4-3-9(13)15)11(17)10(7)16/h1-2,5H,3-4H2,(H2,13,15). The molecule has 0 bridgehead atoms. The maximum Gasteiger partial charge on any atom is 0.299 e. The van der Waals surface area contributed by atoms with Crippen LogP contribution in [0.2, 0.25) is 5.02 Å². The highest BCUT2D eigenvalue weighted by molar-refractivity contribution is 6.52. The number of hydrogen-bond acceptors (Lipinski definition) is 3. The Labute approximate surface area is 102 Å². The van der Waals surface area contributed by atoms with Gasteiger partial charge in [0.1, 0.15) is 0 Å². The third-order valence-electron chi connectivity index (χ3n) is 2.52. The van der Waals surface area contributed by atoms with Gasteiger partial charge in [-0.15, -0.1) is 0 Å². The van der Waals surface area contributed by atoms with E-state index < -0.39 is 17.6 Å². The predicted octanol–water partition coefficient (Wildman–Crippen LogP) is 0.745. The van der Waals surface area contributed by atoms with Crippen molar-refractivity contribution in [3.8, 4) is 0 Å². The second-order valence-corrected chi connectivity index (χ2v) is 4.10. The van der Waals surface area contributed by atoms with E-state index in [1.165, 1.54) is 17.0 Å². The number of amides is 2. The largest absolute Gasteiger partial charge is 0.370 e. The van der Waals surface area contributed by atoms with Gasteiger partial charge in [-0.2, -0.15) is 0 Å². The Kier molecular flexibility index (Phi) is 2.85. The van der Waals surface area contributed by atoms with E-state index >= 15 is 0 Å². The summed E-state index contributed by atoms with van der Waals surface area (Å²) in [6, 6.07) is 4.58. The quantitative estimate of drug-likeness (QED) is 0.806. The van der Waals surface area contributed by atoms with Gasteiger partial charge in [-0.05, 0) is 18.2 Å². The van der Waals surface area contributed by atoms with Crippen molar-refractivity contribution < 1.29 is 14.4 Å². The van der Waals surface area contributed by atoms with Crippen molar-refractivity contribution in [2.75, 3.05) is 11.4 Å². The Bertz CT molecular complexity index is 527. The molecule has 1 aliphatic rings. The molecule has 2 amide bonds. The van der Waals surface area contributed by atoms with Gasteiger partial charge in [0.2, 0.25) is 5.91 Å². The summed E-state index contributed by atoms with van der Waals surface area (Å²) in [4.78, 5) is 35.2. The maximum atomic E-state index is 11.7. The summed E-state index contributed by atoms with van der Waals surface area (Å²) in [5.41, 5.74) is 5.76. The van der Waals surface area contributed by atoms with E-state index in [1.54, 1.807) is 6.07 Å². The lowest BCUT2D eigenvalue weighted by Gasteiger charge is -2.15. The summed E-state index contributed by atoms with van der Waals surface area (Å²) in [6.07, 6.45) is 0.00493. The van der Waals surface area contributed by atoms with Gasteiger partial charge in [-0.3, -0.25) is 14.4 Å². The lowest BCUT2D eigenvalue weighted by atomic mass is 10.1. The molecule has 0 unspecified atom stereocenters. The van der Waals surface area contributed by atoms with Gasteiger partial charge in [0.25, 0.3) is 11.7 Å². The minimum atomic E-state index is -0.650. The van der Waals surface area contributed by atoms with Crippen LogP contribution in [0.5, 0.6) is 0 Å². The van der Waals surface area contributed by atoms with Crippen LogP contribution in [0.1, 0.15) is 16.8 Å². The van der Waals surface area contributed by atoms with E-state index in [0.717, 1.165) is 0 Å². The van der Waals surface area contributed by atoms with Crippen molar-refractivity contribution >= 4 is 34.9 Å². The molecule has 0 aromatic heterocycles. The Morgan fingerprint density at radius 3 is 2.71 bits per heavy atom. The topological polar surface area (TPSA) is 80.5 Å². The minimum absolute atomic E-state index is 0.00493. The third-order valence-corrected chi connectivity index (χ3v) is 2.75. The smallest absolute Gasteiger partial charge is 0.299 e. The molecule has 0 saturated carbocycles. The van der Waals surface area contributed by atoms with E-state index in [1.807, 2.05) is 0 Å². The number of halogens is 1. The van der Waals surface area contributed by atoms with Crippen LogP contribution >= 0.6 is 11.6 Å². The number of rotatable bonds is 3. The molecular weight excluding hydrogens is 244 g/mol. The normalized spacial score (nSPS) is 14.1. The lowest BCUT2D eigenvalue weighted by molar-refractivity contribution is -0.118. The average Bonchev–Trinajstić information content (AvgIpc) is 2.49. The first-order valence-corrected chi connectivity index (χ1v) is 5.32. The molecule has 17 heavy (non-hydrogen) atoms. The zero-order valence-electron chi connectivity index (χ0n) is 8.77. The zero-order chi connectivity index (χ0) is 12.6. The summed E-state index contributed by atoms with van der Waals surface area (Å²) in [6.45, 7) is 0.0905. The lowest BCUT2D eigenvalue weighted by Crippen LogP contribution is -2.32. The first kappa shape index (κ1) is 11.6. The summed E-state index contributed by atoms with van der Waals surface area (Å²) in [5, 5.41) is 0.426. The molecular formula is C11H9ClN2O3. The van der Waals surface area contributed by atoms with E-state index in [0.29, 0.717) is 16.3 Å². The van der Waals surface area contributed by atoms with Gasteiger partial charge in [-0.25, -0.2) is 0 Å². The molecule has 2 N–H and O–H groups in total. The number of benzene rings is 1. The Morgan fingerprint density at radius 2 is 2.06 bits per heavy atom. The van der Waals surface area contributed by atoms with Gasteiger partial charge in [0.05, 0.1) is 11.3 Å². The van der Waals surface area contributed by atoms with Crippen LogP contribution in [0.4, 0.5) is 5.69 Å². The second-order valence-electron chi connectivity index (χ2n) is 3.66. The number of primary amides is 1. The van der Waals surface area contributed by atoms with Crippen molar-refractivity contribution in [2.45, 2.75) is 6.42 Å². The van der Waals surface area contributed by atoms with Crippen LogP contribution in [-0.4, -0.2) is 24.1 Å². The minimum Gasteiger partial charge on any atom is -0.370 e. The van der Waals surface area contributed by atoms with Crippen molar-refractivity contribution in [2.24, 2.45) is 5.73 Å². The first-order chi connectivity index (χ1) is 8.00. The number of ketones is 1. The molecule has 0 aliphatic carbocycles. The van der Waals surface area contributed by atoms with E-state index in [9.17, 15) is 14.4 Å². The van der Waals surface area contributed by atoms with E-state index in [4.69, 9.17) is 17.3 Å². The fourth-order valence-corrected chi connectivity index (χ4v) is 1.88. The molecule has 1 heterocycles. The number of nitrogens with zero attached hydrogens (tertiary/aromatic N) is 1. The summed E-state index contributed by atoms with van der Waals surface area (Å²) in [7, 11) is 0. The highest BCUT2D eigenvalue weighted by atomic mass is 35.5. The Hall–Kier alpha value is -1.88. The molecule has 0 saturated heterocycles. The van der Waals surface area contributed by atoms with Crippen LogP contribution in [0.25, 0.3) is 0 Å². The van der Waals surface area contributed by atoms with Gasteiger partial charge >= 0.3 is 0 Å². The number of hydrogen-bond donors (Lipinski definition) is 1. The second kappa shape index (κ2) is 4.18. The molecule has 1 aromatic rings. The molecule has 1 aromatic carbocycles. The number of nitrogens with two attached hydrogens (primary N) is 1. The molecule has 5 nitrogen and oxygen atoms in total. The van der Waals surface area contributed by atoms with Crippen molar-refractivity contribution in [3.63, 3.8) is 0 Å². The third kappa shape index (κ3) is 2.01. The number of anilines is 1. The van der Waals surface area contributed by atoms with E-state index in [-0.39, 0.29) is 13.0 Å².